The molecule has 0 radical (unpaired) electrons. The van der Waals surface area contributed by atoms with Crippen LogP contribution in [-0.2, 0) is 4.43 Å². The Kier molecular flexibility index (Phi) is 5.66. The second kappa shape index (κ2) is 6.30. The van der Waals surface area contributed by atoms with E-state index >= 15 is 0 Å². The minimum Gasteiger partial charge on any atom is -0.420 e. The van der Waals surface area contributed by atoms with Crippen molar-refractivity contribution < 1.29 is 4.43 Å². The van der Waals surface area contributed by atoms with Crippen molar-refractivity contribution >= 4 is 18.0 Å². The maximum absolute atomic E-state index is 5.73. The summed E-state index contributed by atoms with van der Waals surface area (Å²) >= 11 is 0. The van der Waals surface area contributed by atoms with Crippen LogP contribution < -0.4 is 0 Å². The van der Waals surface area contributed by atoms with Crippen LogP contribution in [0.2, 0.25) is 19.6 Å². The Labute approximate surface area is 104 Å². The zero-order chi connectivity index (χ0) is 12.2. The standard InChI is InChI=1S/C11H28N2OSi2/c1-11(2)14-15-10-12-6-8-13(9-7-12)16(3,4)5/h11H,6-10,15H2,1-5H3. The molecule has 0 N–H and O–H groups in total. The summed E-state index contributed by atoms with van der Waals surface area (Å²) in [7, 11) is -1.36. The SMILES string of the molecule is CC(C)O[SiH2]CN1CCN([Si](C)(C)C)CC1. The molecule has 16 heavy (non-hydrogen) atoms. The fourth-order valence-corrected chi connectivity index (χ4v) is 4.88. The third-order valence-corrected chi connectivity index (χ3v) is 7.24. The lowest BCUT2D eigenvalue weighted by molar-refractivity contribution is 0.190. The van der Waals surface area contributed by atoms with E-state index in [4.69, 9.17) is 4.43 Å². The van der Waals surface area contributed by atoms with E-state index in [1.54, 1.807) is 0 Å². The molecule has 0 amide bonds. The van der Waals surface area contributed by atoms with Gasteiger partial charge in [-0.3, -0.25) is 0 Å². The Balaban J connectivity index is 2.17. The summed E-state index contributed by atoms with van der Waals surface area (Å²) in [5, 5.41) is 0. The first-order valence-electron chi connectivity index (χ1n) is 6.48. The molecule has 1 aliphatic rings. The van der Waals surface area contributed by atoms with E-state index in [1.807, 2.05) is 0 Å². The first-order valence-corrected chi connectivity index (χ1v) is 11.5. The second-order valence-electron chi connectivity index (χ2n) is 5.92. The molecule has 0 aromatic heterocycles. The lowest BCUT2D eigenvalue weighted by Gasteiger charge is -2.41. The van der Waals surface area contributed by atoms with Gasteiger partial charge in [0, 0.05) is 38.5 Å². The Morgan fingerprint density at radius 3 is 2.12 bits per heavy atom. The van der Waals surface area contributed by atoms with Crippen molar-refractivity contribution in [1.29, 1.82) is 0 Å². The largest absolute Gasteiger partial charge is 0.420 e. The van der Waals surface area contributed by atoms with Gasteiger partial charge in [-0.2, -0.15) is 0 Å². The lowest BCUT2D eigenvalue weighted by Crippen LogP contribution is -2.56. The number of hydrogen-bond donors (Lipinski definition) is 0. The van der Waals surface area contributed by atoms with E-state index in [0.717, 1.165) is 0 Å². The molecule has 1 heterocycles. The monoisotopic (exact) mass is 260 g/mol. The number of piperazine rings is 1. The summed E-state index contributed by atoms with van der Waals surface area (Å²) in [6, 6.07) is 0. The van der Waals surface area contributed by atoms with Gasteiger partial charge in [-0.1, -0.05) is 19.6 Å². The summed E-state index contributed by atoms with van der Waals surface area (Å²) in [4.78, 5) is 2.59. The molecule has 0 bridgehead atoms. The van der Waals surface area contributed by atoms with Gasteiger partial charge in [0.1, 0.15) is 8.24 Å². The summed E-state index contributed by atoms with van der Waals surface area (Å²) in [6.07, 6.45) is 1.66. The number of nitrogens with zero attached hydrogens (tertiary/aromatic N) is 2. The van der Waals surface area contributed by atoms with Crippen LogP contribution in [0.25, 0.3) is 0 Å². The normalized spacial score (nSPS) is 21.4. The Bertz CT molecular complexity index is 199. The fraction of sp³-hybridized carbons (Fsp3) is 1.00. The first kappa shape index (κ1) is 14.4. The zero-order valence-electron chi connectivity index (χ0n) is 11.6. The Morgan fingerprint density at radius 2 is 1.69 bits per heavy atom. The Hall–Kier alpha value is 0.314. The van der Waals surface area contributed by atoms with Crippen LogP contribution in [0, 0.1) is 0 Å². The number of rotatable bonds is 5. The van der Waals surface area contributed by atoms with Gasteiger partial charge in [-0.05, 0) is 13.8 Å². The Morgan fingerprint density at radius 1 is 1.12 bits per heavy atom. The van der Waals surface area contributed by atoms with Crippen LogP contribution in [0.1, 0.15) is 13.8 Å². The highest BCUT2D eigenvalue weighted by Gasteiger charge is 2.27. The molecule has 0 spiro atoms. The average molecular weight is 261 g/mol. The highest BCUT2D eigenvalue weighted by Crippen LogP contribution is 2.12. The smallest absolute Gasteiger partial charge is 0.175 e. The van der Waals surface area contributed by atoms with Gasteiger partial charge in [-0.15, -0.1) is 0 Å². The highest BCUT2D eigenvalue weighted by atomic mass is 28.3. The molecule has 96 valence electrons. The van der Waals surface area contributed by atoms with Crippen molar-refractivity contribution in [3.8, 4) is 0 Å². The number of hydrogen-bond acceptors (Lipinski definition) is 3. The van der Waals surface area contributed by atoms with Gasteiger partial charge in [-0.25, -0.2) is 0 Å². The molecule has 0 saturated carbocycles. The average Bonchev–Trinajstić information content (AvgIpc) is 2.16. The van der Waals surface area contributed by atoms with Crippen molar-refractivity contribution in [2.24, 2.45) is 0 Å². The molecular formula is C11H28N2OSi2. The third-order valence-electron chi connectivity index (χ3n) is 3.18. The van der Waals surface area contributed by atoms with Crippen molar-refractivity contribution in [3.05, 3.63) is 0 Å². The van der Waals surface area contributed by atoms with Crippen molar-refractivity contribution in [2.75, 3.05) is 32.3 Å². The molecule has 0 aromatic rings. The van der Waals surface area contributed by atoms with Gasteiger partial charge in [0.15, 0.2) is 9.76 Å². The molecule has 0 aromatic carbocycles. The van der Waals surface area contributed by atoms with Crippen LogP contribution in [0.3, 0.4) is 0 Å². The van der Waals surface area contributed by atoms with Crippen molar-refractivity contribution in [2.45, 2.75) is 39.6 Å². The van der Waals surface area contributed by atoms with Gasteiger partial charge < -0.3 is 13.9 Å². The van der Waals surface area contributed by atoms with Crippen LogP contribution in [0.5, 0.6) is 0 Å². The summed E-state index contributed by atoms with van der Waals surface area (Å²) in [5.41, 5.74) is 0. The minimum absolute atomic E-state index is 0.313. The summed E-state index contributed by atoms with van der Waals surface area (Å²) in [5.74, 6) is 0. The summed E-state index contributed by atoms with van der Waals surface area (Å²) in [6.45, 7) is 16.6. The molecule has 0 atom stereocenters. The predicted octanol–water partition coefficient (Wildman–Crippen LogP) is 0.905. The second-order valence-corrected chi connectivity index (χ2v) is 12.1. The molecule has 3 nitrogen and oxygen atoms in total. The van der Waals surface area contributed by atoms with Crippen LogP contribution in [0.15, 0.2) is 0 Å². The molecule has 5 heteroatoms. The van der Waals surface area contributed by atoms with E-state index in [-0.39, 0.29) is 9.76 Å². The topological polar surface area (TPSA) is 15.7 Å². The zero-order valence-corrected chi connectivity index (χ0v) is 14.0. The van der Waals surface area contributed by atoms with Crippen LogP contribution >= 0.6 is 0 Å². The molecular weight excluding hydrogens is 232 g/mol. The fourth-order valence-electron chi connectivity index (χ4n) is 2.06. The third kappa shape index (κ3) is 5.10. The minimum atomic E-state index is -1.05. The lowest BCUT2D eigenvalue weighted by atomic mass is 10.4. The maximum atomic E-state index is 5.73. The van der Waals surface area contributed by atoms with Gasteiger partial charge >= 0.3 is 0 Å². The molecule has 1 fully saturated rings. The van der Waals surface area contributed by atoms with E-state index in [1.165, 1.54) is 32.3 Å². The predicted molar refractivity (Wildman–Crippen MR) is 76.1 cm³/mol. The van der Waals surface area contributed by atoms with Gasteiger partial charge in [0.2, 0.25) is 0 Å². The molecule has 1 saturated heterocycles. The quantitative estimate of drug-likeness (QED) is 0.683. The van der Waals surface area contributed by atoms with E-state index < -0.39 is 8.24 Å². The molecule has 1 rings (SSSR count). The van der Waals surface area contributed by atoms with E-state index in [9.17, 15) is 0 Å². The van der Waals surface area contributed by atoms with Crippen LogP contribution in [-0.4, -0.2) is 65.9 Å². The molecule has 1 aliphatic heterocycles. The van der Waals surface area contributed by atoms with Crippen molar-refractivity contribution in [3.63, 3.8) is 0 Å². The van der Waals surface area contributed by atoms with Gasteiger partial charge in [0.05, 0.1) is 0 Å². The molecule has 0 aliphatic carbocycles. The van der Waals surface area contributed by atoms with Gasteiger partial charge in [0.25, 0.3) is 0 Å². The van der Waals surface area contributed by atoms with Crippen molar-refractivity contribution in [1.82, 2.24) is 9.47 Å². The summed E-state index contributed by atoms with van der Waals surface area (Å²) < 4.78 is 8.45. The first-order chi connectivity index (χ1) is 7.39. The van der Waals surface area contributed by atoms with E-state index in [2.05, 4.69) is 43.0 Å². The molecule has 0 unspecified atom stereocenters. The van der Waals surface area contributed by atoms with E-state index in [0.29, 0.717) is 6.10 Å². The van der Waals surface area contributed by atoms with Crippen LogP contribution in [0.4, 0.5) is 0 Å². The highest BCUT2D eigenvalue weighted by molar-refractivity contribution is 6.73. The maximum Gasteiger partial charge on any atom is 0.175 e.